The molecule has 3 nitrogen and oxygen atoms in total. The zero-order valence-corrected chi connectivity index (χ0v) is 35.4. The molecule has 2 aromatic heterocycles. The van der Waals surface area contributed by atoms with E-state index in [1.54, 1.807) is 0 Å². The molecule has 0 radical (unpaired) electrons. The monoisotopic (exact) mass is 825 g/mol. The Bertz CT molecular complexity index is 4000. The summed E-state index contributed by atoms with van der Waals surface area (Å²) in [5.74, 6) is 0. The molecule has 0 amide bonds. The van der Waals surface area contributed by atoms with Crippen LogP contribution in [0.25, 0.3) is 127 Å². The quantitative estimate of drug-likeness (QED) is 0.167. The largest absolute Gasteiger partial charge is 0.309 e. The van der Waals surface area contributed by atoms with Crippen molar-refractivity contribution in [3.8, 4) is 61.6 Å². The van der Waals surface area contributed by atoms with E-state index in [2.05, 4.69) is 229 Å². The van der Waals surface area contributed by atoms with Crippen molar-refractivity contribution in [1.82, 2.24) is 14.5 Å². The average Bonchev–Trinajstić information content (AvgIpc) is 3.73. The van der Waals surface area contributed by atoms with Crippen LogP contribution < -0.4 is 0 Å². The Hall–Kier alpha value is -8.66. The summed E-state index contributed by atoms with van der Waals surface area (Å²) in [5, 5.41) is 9.70. The Morgan fingerprint density at radius 3 is 1.46 bits per heavy atom. The lowest BCUT2D eigenvalue weighted by Crippen LogP contribution is -1.99. The first-order valence-electron chi connectivity index (χ1n) is 22.2. The fourth-order valence-electron chi connectivity index (χ4n) is 10.1. The minimum Gasteiger partial charge on any atom is -0.309 e. The van der Waals surface area contributed by atoms with Gasteiger partial charge in [-0.15, -0.1) is 0 Å². The molecule has 302 valence electrons. The molecule has 0 saturated carbocycles. The summed E-state index contributed by atoms with van der Waals surface area (Å²) in [6, 6.07) is 85.2. The Morgan fingerprint density at radius 1 is 0.277 bits per heavy atom. The first-order valence-corrected chi connectivity index (χ1v) is 22.2. The van der Waals surface area contributed by atoms with Gasteiger partial charge in [0.05, 0.1) is 39.1 Å². The van der Waals surface area contributed by atoms with Crippen LogP contribution in [0.3, 0.4) is 0 Å². The minimum atomic E-state index is 0.861. The van der Waals surface area contributed by atoms with Gasteiger partial charge in [-0.3, -0.25) is 0 Å². The van der Waals surface area contributed by atoms with Gasteiger partial charge in [-0.05, 0) is 115 Å². The summed E-state index contributed by atoms with van der Waals surface area (Å²) in [5.41, 5.74) is 16.1. The maximum Gasteiger partial charge on any atom is 0.0979 e. The third-order valence-corrected chi connectivity index (χ3v) is 13.2. The highest BCUT2D eigenvalue weighted by Gasteiger charge is 2.22. The summed E-state index contributed by atoms with van der Waals surface area (Å²) in [6.45, 7) is 0. The summed E-state index contributed by atoms with van der Waals surface area (Å²) in [4.78, 5) is 10.8. The van der Waals surface area contributed by atoms with Gasteiger partial charge in [-0.25, -0.2) is 9.97 Å². The number of fused-ring (bicyclic) bond motifs is 9. The van der Waals surface area contributed by atoms with E-state index in [0.717, 1.165) is 55.6 Å². The van der Waals surface area contributed by atoms with Crippen molar-refractivity contribution in [3.63, 3.8) is 0 Å². The fourth-order valence-corrected chi connectivity index (χ4v) is 10.1. The molecule has 2 heterocycles. The highest BCUT2D eigenvalue weighted by atomic mass is 15.0. The van der Waals surface area contributed by atoms with Crippen molar-refractivity contribution in [2.45, 2.75) is 0 Å². The van der Waals surface area contributed by atoms with Crippen molar-refractivity contribution in [2.24, 2.45) is 0 Å². The van der Waals surface area contributed by atoms with Crippen LogP contribution >= 0.6 is 0 Å². The average molecular weight is 826 g/mol. The van der Waals surface area contributed by atoms with Gasteiger partial charge >= 0.3 is 0 Å². The summed E-state index contributed by atoms with van der Waals surface area (Å²) in [7, 11) is 0. The van der Waals surface area contributed by atoms with Crippen molar-refractivity contribution >= 4 is 65.2 Å². The molecule has 0 aliphatic carbocycles. The standard InChI is InChI=1S/C62H39N3/c1-3-15-40(16-4-1)43-20-13-22-45(37-43)46-29-32-50-47(38-46)31-35-58-60(50)59-49-24-8-7-19-42(49)30-34-57(59)65(58)56-36-33-53(51-25-9-10-26-52(51)56)62-61(63-54-27-11-12-28-55(54)64-62)48-23-14-21-44(39-48)41-17-5-2-6-18-41/h1-39H. The molecule has 13 aromatic rings. The molecule has 0 spiro atoms. The van der Waals surface area contributed by atoms with Crippen LogP contribution in [0.2, 0.25) is 0 Å². The smallest absolute Gasteiger partial charge is 0.0979 e. The van der Waals surface area contributed by atoms with E-state index in [-0.39, 0.29) is 0 Å². The molecule has 0 fully saturated rings. The minimum absolute atomic E-state index is 0.861. The van der Waals surface area contributed by atoms with E-state index >= 15 is 0 Å². The summed E-state index contributed by atoms with van der Waals surface area (Å²) >= 11 is 0. The molecule has 0 bridgehead atoms. The Labute approximate surface area is 376 Å². The number of rotatable bonds is 6. The molecule has 3 heteroatoms. The molecule has 0 aliphatic rings. The van der Waals surface area contributed by atoms with Gasteiger partial charge in [0.1, 0.15) is 0 Å². The van der Waals surface area contributed by atoms with Crippen LogP contribution in [0.15, 0.2) is 237 Å². The van der Waals surface area contributed by atoms with Gasteiger partial charge < -0.3 is 4.57 Å². The maximum atomic E-state index is 5.41. The van der Waals surface area contributed by atoms with Gasteiger partial charge in [-0.2, -0.15) is 0 Å². The third-order valence-electron chi connectivity index (χ3n) is 13.2. The van der Waals surface area contributed by atoms with Crippen molar-refractivity contribution < 1.29 is 0 Å². The van der Waals surface area contributed by atoms with Crippen molar-refractivity contribution in [3.05, 3.63) is 237 Å². The SMILES string of the molecule is c1ccc(-c2cccc(-c3ccc4c(ccc5c4c4c6ccccc6ccc4n5-c4ccc(-c5nc6ccccc6nc5-c5cccc(-c6ccccc6)c5)c5ccccc45)c3)c2)cc1. The molecule has 11 aromatic carbocycles. The van der Waals surface area contributed by atoms with Gasteiger partial charge in [0.15, 0.2) is 0 Å². The Morgan fingerprint density at radius 2 is 0.769 bits per heavy atom. The highest BCUT2D eigenvalue weighted by molar-refractivity contribution is 6.29. The van der Waals surface area contributed by atoms with Crippen molar-refractivity contribution in [1.29, 1.82) is 0 Å². The highest BCUT2D eigenvalue weighted by Crippen LogP contribution is 2.44. The second-order valence-corrected chi connectivity index (χ2v) is 16.9. The molecule has 0 atom stereocenters. The molecule has 65 heavy (non-hydrogen) atoms. The van der Waals surface area contributed by atoms with Crippen LogP contribution in [-0.2, 0) is 0 Å². The third kappa shape index (κ3) is 6.12. The normalized spacial score (nSPS) is 11.7. The number of hydrogen-bond donors (Lipinski definition) is 0. The lowest BCUT2D eigenvalue weighted by atomic mass is 9.95. The predicted molar refractivity (Wildman–Crippen MR) is 274 cm³/mol. The molecular weight excluding hydrogens is 787 g/mol. The molecule has 0 N–H and O–H groups in total. The predicted octanol–water partition coefficient (Wildman–Crippen LogP) is 16.5. The van der Waals surface area contributed by atoms with Crippen LogP contribution in [0, 0.1) is 0 Å². The first kappa shape index (κ1) is 36.9. The van der Waals surface area contributed by atoms with E-state index < -0.39 is 0 Å². The molecule has 0 saturated heterocycles. The maximum absolute atomic E-state index is 5.41. The van der Waals surface area contributed by atoms with E-state index in [1.807, 2.05) is 12.1 Å². The number of hydrogen-bond acceptors (Lipinski definition) is 2. The molecular formula is C62H39N3. The second kappa shape index (κ2) is 15.0. The fraction of sp³-hybridized carbons (Fsp3) is 0. The topological polar surface area (TPSA) is 30.7 Å². The Balaban J connectivity index is 1.03. The zero-order chi connectivity index (χ0) is 42.8. The van der Waals surface area contributed by atoms with Crippen LogP contribution in [0.1, 0.15) is 0 Å². The number of nitrogens with zero attached hydrogens (tertiary/aromatic N) is 3. The molecule has 0 aliphatic heterocycles. The van der Waals surface area contributed by atoms with Gasteiger partial charge in [0, 0.05) is 27.3 Å². The number of para-hydroxylation sites is 2. The van der Waals surface area contributed by atoms with Crippen LogP contribution in [-0.4, -0.2) is 14.5 Å². The summed E-state index contributed by atoms with van der Waals surface area (Å²) in [6.07, 6.45) is 0. The number of benzene rings is 11. The lowest BCUT2D eigenvalue weighted by Gasteiger charge is -2.17. The molecule has 13 rings (SSSR count). The van der Waals surface area contributed by atoms with Crippen LogP contribution in [0.5, 0.6) is 0 Å². The summed E-state index contributed by atoms with van der Waals surface area (Å²) < 4.78 is 2.48. The van der Waals surface area contributed by atoms with Crippen molar-refractivity contribution in [2.75, 3.05) is 0 Å². The molecule has 0 unspecified atom stereocenters. The van der Waals surface area contributed by atoms with Gasteiger partial charge in [-0.1, -0.05) is 182 Å². The van der Waals surface area contributed by atoms with Crippen LogP contribution in [0.4, 0.5) is 0 Å². The zero-order valence-electron chi connectivity index (χ0n) is 35.4. The Kier molecular flexibility index (Phi) is 8.53. The first-order chi connectivity index (χ1) is 32.2. The second-order valence-electron chi connectivity index (χ2n) is 16.9. The van der Waals surface area contributed by atoms with E-state index in [4.69, 9.17) is 9.97 Å². The van der Waals surface area contributed by atoms with E-state index in [9.17, 15) is 0 Å². The van der Waals surface area contributed by atoms with Gasteiger partial charge in [0.2, 0.25) is 0 Å². The number of aromatic nitrogens is 3. The van der Waals surface area contributed by atoms with E-state index in [0.29, 0.717) is 0 Å². The van der Waals surface area contributed by atoms with Gasteiger partial charge in [0.25, 0.3) is 0 Å². The van der Waals surface area contributed by atoms with E-state index in [1.165, 1.54) is 71.2 Å². The lowest BCUT2D eigenvalue weighted by molar-refractivity contribution is 1.20.